The van der Waals surface area contributed by atoms with Crippen LogP contribution in [-0.2, 0) is 16.0 Å². The summed E-state index contributed by atoms with van der Waals surface area (Å²) in [5.41, 5.74) is 1.60. The van der Waals surface area contributed by atoms with Crippen molar-refractivity contribution >= 4 is 17.6 Å². The number of carboxylic acid groups (broad SMARTS) is 1. The van der Waals surface area contributed by atoms with E-state index in [-0.39, 0.29) is 30.6 Å². The fraction of sp³-hybridized carbons (Fsp3) is 0.467. The fourth-order valence-electron chi connectivity index (χ4n) is 2.61. The van der Waals surface area contributed by atoms with E-state index in [1.54, 1.807) is 11.0 Å². The molecule has 0 radical (unpaired) electrons. The number of aryl methyl sites for hydroxylation is 1. The highest BCUT2D eigenvalue weighted by atomic mass is 19.1. The highest BCUT2D eigenvalue weighted by molar-refractivity contribution is 5.95. The van der Waals surface area contributed by atoms with Crippen LogP contribution in [0.1, 0.15) is 38.2 Å². The Morgan fingerprint density at radius 2 is 2.15 bits per heavy atom. The van der Waals surface area contributed by atoms with Gasteiger partial charge < -0.3 is 10.0 Å². The first kappa shape index (κ1) is 14.5. The third-order valence-electron chi connectivity index (χ3n) is 3.62. The van der Waals surface area contributed by atoms with Crippen LogP contribution in [0.5, 0.6) is 0 Å². The standard InChI is InChI=1S/C15H18FNO3/c1-10-5-6-11-9-12(16)7-8-13(11)17(10)14(18)3-2-4-15(19)20/h7-10H,2-6H2,1H3,(H,19,20)/t10-/m1/s1. The molecule has 0 fully saturated rings. The summed E-state index contributed by atoms with van der Waals surface area (Å²) < 4.78 is 13.2. The molecule has 1 aliphatic rings. The van der Waals surface area contributed by atoms with E-state index < -0.39 is 5.97 Å². The summed E-state index contributed by atoms with van der Waals surface area (Å²) in [5, 5.41) is 8.61. The molecule has 1 aromatic carbocycles. The van der Waals surface area contributed by atoms with Crippen LogP contribution in [-0.4, -0.2) is 23.0 Å². The molecule has 1 N–H and O–H groups in total. The van der Waals surface area contributed by atoms with Crippen molar-refractivity contribution in [3.63, 3.8) is 0 Å². The van der Waals surface area contributed by atoms with Gasteiger partial charge in [0.05, 0.1) is 0 Å². The second-order valence-electron chi connectivity index (χ2n) is 5.17. The topological polar surface area (TPSA) is 57.6 Å². The molecule has 0 unspecified atom stereocenters. The maximum Gasteiger partial charge on any atom is 0.303 e. The van der Waals surface area contributed by atoms with Crippen molar-refractivity contribution in [2.75, 3.05) is 4.90 Å². The number of fused-ring (bicyclic) bond motifs is 1. The maximum atomic E-state index is 13.2. The lowest BCUT2D eigenvalue weighted by Crippen LogP contribution is -2.42. The maximum absolute atomic E-state index is 13.2. The van der Waals surface area contributed by atoms with Gasteiger partial charge in [0.2, 0.25) is 5.91 Å². The van der Waals surface area contributed by atoms with Crippen LogP contribution in [0.15, 0.2) is 18.2 Å². The van der Waals surface area contributed by atoms with E-state index in [1.165, 1.54) is 12.1 Å². The number of halogens is 1. The molecule has 1 aliphatic heterocycles. The van der Waals surface area contributed by atoms with E-state index in [1.807, 2.05) is 6.92 Å². The molecule has 0 saturated carbocycles. The third-order valence-corrected chi connectivity index (χ3v) is 3.62. The number of rotatable bonds is 4. The fourth-order valence-corrected chi connectivity index (χ4v) is 2.61. The summed E-state index contributed by atoms with van der Waals surface area (Å²) in [5.74, 6) is -1.28. The summed E-state index contributed by atoms with van der Waals surface area (Å²) in [6.07, 6.45) is 2.07. The zero-order valence-electron chi connectivity index (χ0n) is 11.4. The van der Waals surface area contributed by atoms with E-state index in [4.69, 9.17) is 5.11 Å². The zero-order valence-corrected chi connectivity index (χ0v) is 11.4. The van der Waals surface area contributed by atoms with E-state index >= 15 is 0 Å². The number of hydrogen-bond acceptors (Lipinski definition) is 2. The molecule has 4 nitrogen and oxygen atoms in total. The van der Waals surface area contributed by atoms with Gasteiger partial charge in [-0.25, -0.2) is 4.39 Å². The van der Waals surface area contributed by atoms with Crippen LogP contribution in [0.2, 0.25) is 0 Å². The third kappa shape index (κ3) is 3.15. The second-order valence-corrected chi connectivity index (χ2v) is 5.17. The first-order chi connectivity index (χ1) is 9.49. The van der Waals surface area contributed by atoms with E-state index in [2.05, 4.69) is 0 Å². The first-order valence-corrected chi connectivity index (χ1v) is 6.81. The summed E-state index contributed by atoms with van der Waals surface area (Å²) in [4.78, 5) is 24.4. The van der Waals surface area contributed by atoms with Crippen molar-refractivity contribution in [3.8, 4) is 0 Å². The van der Waals surface area contributed by atoms with Crippen LogP contribution in [0.25, 0.3) is 0 Å². The van der Waals surface area contributed by atoms with Gasteiger partial charge >= 0.3 is 5.97 Å². The quantitative estimate of drug-likeness (QED) is 0.922. The Bertz CT molecular complexity index is 530. The smallest absolute Gasteiger partial charge is 0.303 e. The van der Waals surface area contributed by atoms with Crippen LogP contribution < -0.4 is 4.90 Å². The highest BCUT2D eigenvalue weighted by Crippen LogP contribution is 2.31. The lowest BCUT2D eigenvalue weighted by atomic mass is 9.96. The van der Waals surface area contributed by atoms with Crippen LogP contribution in [0.3, 0.4) is 0 Å². The number of carbonyl (C=O) groups excluding carboxylic acids is 1. The number of carboxylic acids is 1. The molecule has 0 aromatic heterocycles. The molecule has 1 atom stereocenters. The van der Waals surface area contributed by atoms with Crippen molar-refractivity contribution in [1.82, 2.24) is 0 Å². The van der Waals surface area contributed by atoms with Crippen molar-refractivity contribution in [2.45, 2.75) is 45.1 Å². The normalized spacial score (nSPS) is 17.7. The molecule has 1 aromatic rings. The van der Waals surface area contributed by atoms with Gasteiger partial charge in [0, 0.05) is 24.6 Å². The molecule has 2 rings (SSSR count). The van der Waals surface area contributed by atoms with Crippen LogP contribution in [0, 0.1) is 5.82 Å². The van der Waals surface area contributed by atoms with Gasteiger partial charge in [-0.3, -0.25) is 9.59 Å². The number of benzene rings is 1. The van der Waals surface area contributed by atoms with Crippen LogP contribution in [0.4, 0.5) is 10.1 Å². The Morgan fingerprint density at radius 3 is 2.85 bits per heavy atom. The van der Waals surface area contributed by atoms with E-state index in [0.717, 1.165) is 24.1 Å². The summed E-state index contributed by atoms with van der Waals surface area (Å²) >= 11 is 0. The molecule has 0 saturated heterocycles. The molecular formula is C15H18FNO3. The first-order valence-electron chi connectivity index (χ1n) is 6.81. The summed E-state index contributed by atoms with van der Waals surface area (Å²) in [6, 6.07) is 4.52. The predicted molar refractivity (Wildman–Crippen MR) is 73.2 cm³/mol. The Hall–Kier alpha value is -1.91. The lowest BCUT2D eigenvalue weighted by molar-refractivity contribution is -0.137. The Morgan fingerprint density at radius 1 is 1.40 bits per heavy atom. The van der Waals surface area contributed by atoms with E-state index in [0.29, 0.717) is 6.42 Å². The average Bonchev–Trinajstić information content (AvgIpc) is 2.38. The number of aliphatic carboxylic acids is 1. The van der Waals surface area contributed by atoms with Gasteiger partial charge in [0.25, 0.3) is 0 Å². The second kappa shape index (κ2) is 6.03. The molecule has 0 spiro atoms. The molecule has 1 heterocycles. The largest absolute Gasteiger partial charge is 0.481 e. The Labute approximate surface area is 117 Å². The van der Waals surface area contributed by atoms with Crippen molar-refractivity contribution in [2.24, 2.45) is 0 Å². The van der Waals surface area contributed by atoms with Gasteiger partial charge in [0.1, 0.15) is 5.82 Å². The van der Waals surface area contributed by atoms with Crippen molar-refractivity contribution in [3.05, 3.63) is 29.6 Å². The summed E-state index contributed by atoms with van der Waals surface area (Å²) in [7, 11) is 0. The van der Waals surface area contributed by atoms with Gasteiger partial charge in [-0.05, 0) is 49.9 Å². The van der Waals surface area contributed by atoms with Crippen LogP contribution >= 0.6 is 0 Å². The molecule has 1 amide bonds. The molecule has 108 valence electrons. The molecule has 0 aliphatic carbocycles. The molecule has 20 heavy (non-hydrogen) atoms. The number of amides is 1. The minimum Gasteiger partial charge on any atom is -0.481 e. The number of anilines is 1. The van der Waals surface area contributed by atoms with E-state index in [9.17, 15) is 14.0 Å². The Balaban J connectivity index is 2.14. The average molecular weight is 279 g/mol. The predicted octanol–water partition coefficient (Wildman–Crippen LogP) is 2.75. The SMILES string of the molecule is C[C@@H]1CCc2cc(F)ccc2N1C(=O)CCCC(=O)O. The minimum absolute atomic E-state index is 0.00969. The summed E-state index contributed by atoms with van der Waals surface area (Å²) in [6.45, 7) is 1.96. The lowest BCUT2D eigenvalue weighted by Gasteiger charge is -2.35. The van der Waals surface area contributed by atoms with Gasteiger partial charge in [-0.15, -0.1) is 0 Å². The van der Waals surface area contributed by atoms with Gasteiger partial charge in [-0.1, -0.05) is 0 Å². The molecule has 5 heteroatoms. The monoisotopic (exact) mass is 279 g/mol. The van der Waals surface area contributed by atoms with Gasteiger partial charge in [-0.2, -0.15) is 0 Å². The van der Waals surface area contributed by atoms with Gasteiger partial charge in [0.15, 0.2) is 0 Å². The Kier molecular flexibility index (Phi) is 4.37. The highest BCUT2D eigenvalue weighted by Gasteiger charge is 2.28. The molecular weight excluding hydrogens is 261 g/mol. The van der Waals surface area contributed by atoms with Crippen molar-refractivity contribution < 1.29 is 19.1 Å². The molecule has 0 bridgehead atoms. The minimum atomic E-state index is -0.896. The number of nitrogens with zero attached hydrogens (tertiary/aromatic N) is 1. The zero-order chi connectivity index (χ0) is 14.7. The number of carbonyl (C=O) groups is 2. The number of hydrogen-bond donors (Lipinski definition) is 1. The van der Waals surface area contributed by atoms with Crippen molar-refractivity contribution in [1.29, 1.82) is 0 Å².